The number of halogens is 1. The van der Waals surface area contributed by atoms with Gasteiger partial charge in [0.05, 0.1) is 17.0 Å². The molecule has 0 atom stereocenters. The largest absolute Gasteiger partial charge is 0.465 e. The minimum absolute atomic E-state index is 0.171. The lowest BCUT2D eigenvalue weighted by Gasteiger charge is -2.34. The number of carbonyl (C=O) groups excluding carboxylic acids is 1. The van der Waals surface area contributed by atoms with Crippen LogP contribution in [0.1, 0.15) is 13.8 Å². The van der Waals surface area contributed by atoms with Crippen LogP contribution < -0.4 is 4.74 Å². The van der Waals surface area contributed by atoms with Crippen LogP contribution in [-0.2, 0) is 14.8 Å². The molecule has 1 aliphatic rings. The van der Waals surface area contributed by atoms with Crippen LogP contribution in [0.25, 0.3) is 11.3 Å². The van der Waals surface area contributed by atoms with Crippen LogP contribution in [-0.4, -0.2) is 70.3 Å². The van der Waals surface area contributed by atoms with Gasteiger partial charge in [0, 0.05) is 31.7 Å². The van der Waals surface area contributed by atoms with Gasteiger partial charge in [-0.2, -0.15) is 8.68 Å². The molecule has 0 spiro atoms. The molecule has 0 radical (unpaired) electrons. The Kier molecular flexibility index (Phi) is 6.26. The molecule has 0 N–H and O–H groups in total. The highest BCUT2D eigenvalue weighted by Crippen LogP contribution is 2.28. The Morgan fingerprint density at radius 3 is 2.61 bits per heavy atom. The summed E-state index contributed by atoms with van der Waals surface area (Å²) in [5.41, 5.74) is 0.897. The van der Waals surface area contributed by atoms with Crippen LogP contribution in [0.3, 0.4) is 0 Å². The number of benzene rings is 1. The first kappa shape index (κ1) is 20.6. The van der Waals surface area contributed by atoms with E-state index in [-0.39, 0.29) is 31.5 Å². The smallest absolute Gasteiger partial charge is 0.260 e. The van der Waals surface area contributed by atoms with Gasteiger partial charge in [-0.25, -0.2) is 12.8 Å². The number of ether oxygens (including phenoxy) is 1. The summed E-state index contributed by atoms with van der Waals surface area (Å²) in [6.45, 7) is 4.17. The van der Waals surface area contributed by atoms with E-state index in [0.29, 0.717) is 24.3 Å². The van der Waals surface area contributed by atoms with E-state index in [9.17, 15) is 17.6 Å². The molecule has 1 saturated heterocycles. The lowest BCUT2D eigenvalue weighted by molar-refractivity contribution is -0.134. The van der Waals surface area contributed by atoms with Crippen molar-refractivity contribution in [2.45, 2.75) is 19.1 Å². The molecule has 8 nitrogen and oxygen atoms in total. The molecule has 11 heteroatoms. The Morgan fingerprint density at radius 2 is 1.96 bits per heavy atom. The van der Waals surface area contributed by atoms with Crippen molar-refractivity contribution in [2.24, 2.45) is 0 Å². The summed E-state index contributed by atoms with van der Waals surface area (Å²) >= 11 is 0.914. The summed E-state index contributed by atoms with van der Waals surface area (Å²) in [6, 6.07) is 5.89. The van der Waals surface area contributed by atoms with E-state index in [1.54, 1.807) is 30.9 Å². The van der Waals surface area contributed by atoms with Gasteiger partial charge in [-0.05, 0) is 26.0 Å². The Bertz CT molecular complexity index is 940. The van der Waals surface area contributed by atoms with Gasteiger partial charge in [0.2, 0.25) is 10.0 Å². The average molecular weight is 429 g/mol. The van der Waals surface area contributed by atoms with E-state index in [1.165, 1.54) is 16.4 Å². The predicted molar refractivity (Wildman–Crippen MR) is 103 cm³/mol. The maximum Gasteiger partial charge on any atom is 0.260 e. The van der Waals surface area contributed by atoms with Crippen LogP contribution in [0.5, 0.6) is 5.88 Å². The Balaban J connectivity index is 1.57. The second-order valence-electron chi connectivity index (χ2n) is 6.59. The van der Waals surface area contributed by atoms with Crippen LogP contribution in [0.2, 0.25) is 0 Å². The zero-order valence-electron chi connectivity index (χ0n) is 15.5. The van der Waals surface area contributed by atoms with Crippen LogP contribution in [0.4, 0.5) is 4.39 Å². The summed E-state index contributed by atoms with van der Waals surface area (Å²) in [7, 11) is -3.32. The number of piperazine rings is 1. The molecule has 2 heterocycles. The van der Waals surface area contributed by atoms with E-state index in [0.717, 1.165) is 11.7 Å². The van der Waals surface area contributed by atoms with Crippen molar-refractivity contribution in [1.29, 1.82) is 0 Å². The Morgan fingerprint density at radius 1 is 1.25 bits per heavy atom. The van der Waals surface area contributed by atoms with Crippen molar-refractivity contribution in [3.63, 3.8) is 0 Å². The predicted octanol–water partition coefficient (Wildman–Crippen LogP) is 1.61. The molecule has 1 aromatic carbocycles. The van der Waals surface area contributed by atoms with Crippen molar-refractivity contribution in [1.82, 2.24) is 18.0 Å². The van der Waals surface area contributed by atoms with E-state index in [2.05, 4.69) is 8.75 Å². The Labute approximate surface area is 167 Å². The Hall–Kier alpha value is -2.11. The minimum Gasteiger partial charge on any atom is -0.465 e. The number of hydrogen-bond donors (Lipinski definition) is 0. The zero-order valence-corrected chi connectivity index (χ0v) is 17.2. The summed E-state index contributed by atoms with van der Waals surface area (Å²) in [6.07, 6.45) is 0. The zero-order chi connectivity index (χ0) is 20.3. The summed E-state index contributed by atoms with van der Waals surface area (Å²) in [5, 5.41) is -0.489. The SMILES string of the molecule is CC(C)S(=O)(=O)N1CCN(C(=O)COc2nsnc2-c2cccc(F)c2)CC1. The number of rotatable bonds is 6. The maximum absolute atomic E-state index is 13.4. The summed E-state index contributed by atoms with van der Waals surface area (Å²) in [5.74, 6) is -0.494. The molecule has 0 bridgehead atoms. The quantitative estimate of drug-likeness (QED) is 0.694. The van der Waals surface area contributed by atoms with Crippen LogP contribution in [0.15, 0.2) is 24.3 Å². The van der Waals surface area contributed by atoms with E-state index in [1.807, 2.05) is 0 Å². The molecule has 0 unspecified atom stereocenters. The van der Waals surface area contributed by atoms with Crippen molar-refractivity contribution >= 4 is 27.7 Å². The van der Waals surface area contributed by atoms with Crippen molar-refractivity contribution in [3.8, 4) is 17.1 Å². The third kappa shape index (κ3) is 4.47. The van der Waals surface area contributed by atoms with E-state index >= 15 is 0 Å². The number of amides is 1. The van der Waals surface area contributed by atoms with Gasteiger partial charge in [0.15, 0.2) is 6.61 Å². The molecule has 2 aromatic rings. The van der Waals surface area contributed by atoms with Gasteiger partial charge in [0.1, 0.15) is 11.5 Å². The second-order valence-corrected chi connectivity index (χ2v) is 9.61. The van der Waals surface area contributed by atoms with Gasteiger partial charge < -0.3 is 9.64 Å². The summed E-state index contributed by atoms with van der Waals surface area (Å²) < 4.78 is 52.9. The minimum atomic E-state index is -3.32. The molecule has 1 aromatic heterocycles. The topological polar surface area (TPSA) is 92.7 Å². The number of carbonyl (C=O) groups is 1. The van der Waals surface area contributed by atoms with Gasteiger partial charge in [-0.3, -0.25) is 4.79 Å². The maximum atomic E-state index is 13.4. The molecule has 1 amide bonds. The van der Waals surface area contributed by atoms with Gasteiger partial charge in [0.25, 0.3) is 11.8 Å². The third-order valence-electron chi connectivity index (χ3n) is 4.44. The van der Waals surface area contributed by atoms with Crippen molar-refractivity contribution < 1.29 is 22.3 Å². The lowest BCUT2D eigenvalue weighted by Crippen LogP contribution is -2.52. The summed E-state index contributed by atoms with van der Waals surface area (Å²) in [4.78, 5) is 14.0. The monoisotopic (exact) mass is 428 g/mol. The molecular weight excluding hydrogens is 407 g/mol. The fraction of sp³-hybridized carbons (Fsp3) is 0.471. The standard InChI is InChI=1S/C17H21FN4O4S2/c1-12(2)28(24,25)22-8-6-21(7-9-22)15(23)11-26-17-16(19-27-20-17)13-4-3-5-14(18)10-13/h3-5,10,12H,6-9,11H2,1-2H3. The fourth-order valence-electron chi connectivity index (χ4n) is 2.80. The van der Waals surface area contributed by atoms with Crippen molar-refractivity contribution in [3.05, 3.63) is 30.1 Å². The van der Waals surface area contributed by atoms with Gasteiger partial charge in [-0.15, -0.1) is 4.37 Å². The normalized spacial score (nSPS) is 15.8. The molecule has 1 aliphatic heterocycles. The van der Waals surface area contributed by atoms with Gasteiger partial charge >= 0.3 is 0 Å². The molecule has 1 fully saturated rings. The number of sulfonamides is 1. The first-order valence-electron chi connectivity index (χ1n) is 8.77. The first-order valence-corrected chi connectivity index (χ1v) is 11.0. The van der Waals surface area contributed by atoms with Gasteiger partial charge in [-0.1, -0.05) is 12.1 Å². The molecule has 0 aliphatic carbocycles. The van der Waals surface area contributed by atoms with E-state index in [4.69, 9.17) is 4.74 Å². The molecule has 3 rings (SSSR count). The molecule has 0 saturated carbocycles. The highest BCUT2D eigenvalue weighted by molar-refractivity contribution is 7.89. The number of hydrogen-bond acceptors (Lipinski definition) is 7. The third-order valence-corrected chi connectivity index (χ3v) is 7.22. The van der Waals surface area contributed by atoms with Crippen LogP contribution >= 0.6 is 11.7 Å². The second kappa shape index (κ2) is 8.50. The van der Waals surface area contributed by atoms with E-state index < -0.39 is 21.1 Å². The van der Waals surface area contributed by atoms with Crippen LogP contribution in [0, 0.1) is 5.82 Å². The molecular formula is C17H21FN4O4S2. The fourth-order valence-corrected chi connectivity index (χ4v) is 4.59. The first-order chi connectivity index (χ1) is 13.3. The lowest BCUT2D eigenvalue weighted by atomic mass is 10.1. The molecule has 28 heavy (non-hydrogen) atoms. The highest BCUT2D eigenvalue weighted by Gasteiger charge is 2.31. The average Bonchev–Trinajstić information content (AvgIpc) is 3.14. The molecule has 152 valence electrons. The number of aromatic nitrogens is 2. The van der Waals surface area contributed by atoms with Crippen molar-refractivity contribution in [2.75, 3.05) is 32.8 Å². The highest BCUT2D eigenvalue weighted by atomic mass is 32.2. The number of nitrogens with zero attached hydrogens (tertiary/aromatic N) is 4.